The fraction of sp³-hybridized carbons (Fsp3) is 0.316. The molecular weight excluding hydrogens is 341 g/mol. The Labute approximate surface area is 174 Å². The molecule has 0 spiro atoms. The number of aliphatic carboxylic acids is 1. The molecule has 3 rings (SSSR count). The first kappa shape index (κ1) is 20.4. The number of anilines is 1. The van der Waals surface area contributed by atoms with Crippen LogP contribution in [-0.4, -0.2) is 31.0 Å². The fourth-order valence-electron chi connectivity index (χ4n) is 3.15. The molecule has 130 valence electrons. The van der Waals surface area contributed by atoms with Crippen molar-refractivity contribution in [2.45, 2.75) is 18.4 Å². The average molecular weight is 361 g/mol. The molecule has 1 amide bonds. The maximum atomic E-state index is 12.8. The molecule has 0 bridgehead atoms. The van der Waals surface area contributed by atoms with Crippen LogP contribution in [0, 0.1) is 5.92 Å². The summed E-state index contributed by atoms with van der Waals surface area (Å²) in [5.41, 5.74) is 1.36. The second-order valence-corrected chi connectivity index (χ2v) is 6.50. The number of amides is 1. The van der Waals surface area contributed by atoms with Gasteiger partial charge in [-0.05, 0) is 24.1 Å². The van der Waals surface area contributed by atoms with E-state index in [2.05, 4.69) is 10.3 Å². The van der Waals surface area contributed by atoms with Crippen molar-refractivity contribution in [3.8, 4) is 0 Å². The Hall–Kier alpha value is -1.89. The second-order valence-electron chi connectivity index (χ2n) is 6.50. The van der Waals surface area contributed by atoms with Crippen molar-refractivity contribution in [1.82, 2.24) is 10.3 Å². The van der Waals surface area contributed by atoms with Crippen molar-refractivity contribution in [2.75, 3.05) is 19.0 Å². The quantitative estimate of drug-likeness (QED) is 0.574. The topological polar surface area (TPSA) is 85.4 Å². The number of carbonyl (C=O) groups is 2. The maximum Gasteiger partial charge on any atom is 1.00 e. The van der Waals surface area contributed by atoms with Crippen LogP contribution in [-0.2, 0) is 21.5 Å². The summed E-state index contributed by atoms with van der Waals surface area (Å²) in [6, 6.07) is 12.8. The normalized spacial score (nSPS) is 20.6. The zero-order chi connectivity index (χ0) is 18.0. The summed E-state index contributed by atoms with van der Waals surface area (Å²) in [4.78, 5) is 30.3. The van der Waals surface area contributed by atoms with Gasteiger partial charge in [0, 0.05) is 37.9 Å². The van der Waals surface area contributed by atoms with Crippen LogP contribution in [0.5, 0.6) is 0 Å². The van der Waals surface area contributed by atoms with Gasteiger partial charge in [0.05, 0.1) is 17.7 Å². The van der Waals surface area contributed by atoms with Crippen LogP contribution in [0.2, 0.25) is 0 Å². The van der Waals surface area contributed by atoms with Crippen LogP contribution in [0.15, 0.2) is 48.7 Å². The smallest absolute Gasteiger partial charge is 0.550 e. The van der Waals surface area contributed by atoms with Crippen molar-refractivity contribution in [1.29, 1.82) is 0 Å². The molecule has 1 aliphatic carbocycles. The molecule has 2 atom stereocenters. The average Bonchev–Trinajstić information content (AvgIpc) is 3.38. The molecule has 2 unspecified atom stereocenters. The SMILES string of the molecule is CN(C)c1ccnc(CNC(=O)C2(c3ccccc3)CC2C(=O)[O-])c1.[Na+]. The molecule has 1 aromatic carbocycles. The summed E-state index contributed by atoms with van der Waals surface area (Å²) in [7, 11) is 3.85. The van der Waals surface area contributed by atoms with Crippen molar-refractivity contribution in [3.63, 3.8) is 0 Å². The monoisotopic (exact) mass is 361 g/mol. The number of pyridine rings is 1. The van der Waals surface area contributed by atoms with Gasteiger partial charge in [-0.3, -0.25) is 9.78 Å². The number of carbonyl (C=O) groups excluding carboxylic acids is 2. The zero-order valence-electron chi connectivity index (χ0n) is 15.2. The van der Waals surface area contributed by atoms with Gasteiger partial charge in [-0.2, -0.15) is 0 Å². The Balaban J connectivity index is 0.00000243. The summed E-state index contributed by atoms with van der Waals surface area (Å²) in [6.07, 6.45) is 1.95. The van der Waals surface area contributed by atoms with E-state index in [1.807, 2.05) is 37.2 Å². The number of aromatic nitrogens is 1. The van der Waals surface area contributed by atoms with E-state index in [1.54, 1.807) is 30.5 Å². The van der Waals surface area contributed by atoms with Gasteiger partial charge in [-0.1, -0.05) is 30.3 Å². The number of carboxylic acid groups (broad SMARTS) is 1. The second kappa shape index (κ2) is 8.20. The van der Waals surface area contributed by atoms with E-state index in [-0.39, 0.29) is 48.4 Å². The van der Waals surface area contributed by atoms with Crippen molar-refractivity contribution >= 4 is 17.6 Å². The van der Waals surface area contributed by atoms with Crippen molar-refractivity contribution in [3.05, 3.63) is 59.9 Å². The summed E-state index contributed by atoms with van der Waals surface area (Å²) >= 11 is 0. The summed E-state index contributed by atoms with van der Waals surface area (Å²) < 4.78 is 0. The Kier molecular flexibility index (Phi) is 6.44. The predicted octanol–water partition coefficient (Wildman–Crippen LogP) is -2.52. The van der Waals surface area contributed by atoms with Crippen LogP contribution < -0.4 is 44.9 Å². The summed E-state index contributed by atoms with van der Waals surface area (Å²) in [6.45, 7) is 0.245. The molecule has 2 aromatic rings. The van der Waals surface area contributed by atoms with Gasteiger partial charge in [0.15, 0.2) is 0 Å². The summed E-state index contributed by atoms with van der Waals surface area (Å²) in [5.74, 6) is -2.28. The molecule has 0 saturated heterocycles. The third-order valence-electron chi connectivity index (χ3n) is 4.69. The van der Waals surface area contributed by atoms with E-state index in [4.69, 9.17) is 0 Å². The van der Waals surface area contributed by atoms with E-state index in [1.165, 1.54) is 0 Å². The standard InChI is InChI=1S/C19H21N3O3.Na/c1-22(2)15-8-9-20-14(10-15)12-21-18(25)19(11-16(19)17(23)24)13-6-4-3-5-7-13;/h3-10,16H,11-12H2,1-2H3,(H,21,25)(H,23,24);/q;+1/p-1. The summed E-state index contributed by atoms with van der Waals surface area (Å²) in [5, 5.41) is 14.2. The minimum absolute atomic E-state index is 0. The van der Waals surface area contributed by atoms with Gasteiger partial charge >= 0.3 is 29.6 Å². The molecule has 7 heteroatoms. The van der Waals surface area contributed by atoms with E-state index in [0.29, 0.717) is 11.3 Å². The van der Waals surface area contributed by atoms with E-state index in [9.17, 15) is 14.7 Å². The molecule has 1 fully saturated rings. The molecular formula is C19H20N3NaO3. The van der Waals surface area contributed by atoms with E-state index < -0.39 is 17.3 Å². The number of nitrogens with one attached hydrogen (secondary N) is 1. The van der Waals surface area contributed by atoms with Crippen molar-refractivity contribution in [2.24, 2.45) is 5.92 Å². The van der Waals surface area contributed by atoms with Crippen LogP contribution in [0.3, 0.4) is 0 Å². The maximum absolute atomic E-state index is 12.8. The Morgan fingerprint density at radius 2 is 1.96 bits per heavy atom. The molecule has 0 aliphatic heterocycles. The number of rotatable bonds is 6. The van der Waals surface area contributed by atoms with E-state index in [0.717, 1.165) is 5.69 Å². The minimum Gasteiger partial charge on any atom is -0.550 e. The molecule has 1 N–H and O–H groups in total. The van der Waals surface area contributed by atoms with Crippen LogP contribution in [0.1, 0.15) is 17.7 Å². The molecule has 1 heterocycles. The largest absolute Gasteiger partial charge is 1.00 e. The van der Waals surface area contributed by atoms with Crippen LogP contribution >= 0.6 is 0 Å². The number of benzene rings is 1. The van der Waals surface area contributed by atoms with E-state index >= 15 is 0 Å². The Morgan fingerprint density at radius 3 is 2.54 bits per heavy atom. The van der Waals surface area contributed by atoms with Gasteiger partial charge < -0.3 is 20.1 Å². The number of nitrogens with zero attached hydrogens (tertiary/aromatic N) is 2. The van der Waals surface area contributed by atoms with Crippen molar-refractivity contribution < 1.29 is 44.3 Å². The van der Waals surface area contributed by atoms with Gasteiger partial charge in [-0.25, -0.2) is 0 Å². The minimum atomic E-state index is -1.19. The Morgan fingerprint density at radius 1 is 1.27 bits per heavy atom. The van der Waals surface area contributed by atoms with Crippen LogP contribution in [0.4, 0.5) is 5.69 Å². The number of hydrogen-bond acceptors (Lipinski definition) is 5. The zero-order valence-corrected chi connectivity index (χ0v) is 17.2. The number of hydrogen-bond donors (Lipinski definition) is 1. The molecule has 1 aromatic heterocycles. The first-order valence-corrected chi connectivity index (χ1v) is 8.12. The fourth-order valence-corrected chi connectivity index (χ4v) is 3.15. The first-order valence-electron chi connectivity index (χ1n) is 8.12. The third-order valence-corrected chi connectivity index (χ3v) is 4.69. The first-order chi connectivity index (χ1) is 11.9. The van der Waals surface area contributed by atoms with Crippen LogP contribution in [0.25, 0.3) is 0 Å². The molecule has 1 saturated carbocycles. The predicted molar refractivity (Wildman–Crippen MR) is 91.6 cm³/mol. The molecule has 26 heavy (non-hydrogen) atoms. The molecule has 1 aliphatic rings. The van der Waals surface area contributed by atoms with Gasteiger partial charge in [0.1, 0.15) is 0 Å². The molecule has 6 nitrogen and oxygen atoms in total. The van der Waals surface area contributed by atoms with Gasteiger partial charge in [0.2, 0.25) is 5.91 Å². The number of carboxylic acids is 1. The van der Waals surface area contributed by atoms with Gasteiger partial charge in [-0.15, -0.1) is 0 Å². The van der Waals surface area contributed by atoms with Gasteiger partial charge in [0.25, 0.3) is 0 Å². The third kappa shape index (κ3) is 3.92. The Bertz CT molecular complexity index is 798. The molecule has 0 radical (unpaired) electrons.